The number of amides is 2. The van der Waals surface area contributed by atoms with Crippen LogP contribution in [0.15, 0.2) is 48.5 Å². The van der Waals surface area contributed by atoms with Gasteiger partial charge in [-0.15, -0.1) is 0 Å². The number of piperidine rings is 1. The van der Waals surface area contributed by atoms with Gasteiger partial charge in [0.1, 0.15) is 0 Å². The minimum Gasteiger partial charge on any atom is -0.480 e. The number of nitrogens with zero attached hydrogens (tertiary/aromatic N) is 1. The first-order valence-electron chi connectivity index (χ1n) is 11.1. The lowest BCUT2D eigenvalue weighted by molar-refractivity contribution is -0.139. The van der Waals surface area contributed by atoms with E-state index in [0.717, 1.165) is 16.8 Å². The zero-order valence-electron chi connectivity index (χ0n) is 19.1. The predicted molar refractivity (Wildman–Crippen MR) is 128 cm³/mol. The summed E-state index contributed by atoms with van der Waals surface area (Å²) < 4.78 is 0. The lowest BCUT2D eigenvalue weighted by Crippen LogP contribution is -2.55. The Bertz CT molecular complexity index is 1010. The van der Waals surface area contributed by atoms with E-state index >= 15 is 0 Å². The Morgan fingerprint density at radius 1 is 1.09 bits per heavy atom. The zero-order chi connectivity index (χ0) is 24.0. The maximum Gasteiger partial charge on any atom is 0.323 e. The average Bonchev–Trinajstić information content (AvgIpc) is 2.75. The normalized spacial score (nSPS) is 16.6. The molecule has 2 aromatic rings. The molecule has 0 spiro atoms. The zero-order valence-corrected chi connectivity index (χ0v) is 19.1. The van der Waals surface area contributed by atoms with Gasteiger partial charge >= 0.3 is 12.0 Å². The minimum atomic E-state index is -0.999. The van der Waals surface area contributed by atoms with E-state index < -0.39 is 11.5 Å². The van der Waals surface area contributed by atoms with Crippen LogP contribution in [-0.4, -0.2) is 53.0 Å². The third-order valence-electron chi connectivity index (χ3n) is 6.34. The first-order chi connectivity index (χ1) is 15.6. The van der Waals surface area contributed by atoms with E-state index in [2.05, 4.69) is 10.6 Å². The van der Waals surface area contributed by atoms with Crippen molar-refractivity contribution in [1.82, 2.24) is 4.90 Å². The maximum atomic E-state index is 13.1. The lowest BCUT2D eigenvalue weighted by Gasteiger charge is -2.39. The Kier molecular flexibility index (Phi) is 7.84. The van der Waals surface area contributed by atoms with Gasteiger partial charge in [0, 0.05) is 17.8 Å². The van der Waals surface area contributed by atoms with Crippen LogP contribution in [-0.2, 0) is 16.0 Å². The molecule has 176 valence electrons. The molecule has 8 heteroatoms. The molecule has 1 aliphatic rings. The Hall–Kier alpha value is -3.23. The number of carbonyl (C=O) groups is 3. The highest BCUT2D eigenvalue weighted by atomic mass is 16.4. The van der Waals surface area contributed by atoms with Crippen molar-refractivity contribution in [2.24, 2.45) is 11.7 Å². The second-order valence-electron chi connectivity index (χ2n) is 8.92. The van der Waals surface area contributed by atoms with Crippen molar-refractivity contribution >= 4 is 29.2 Å². The lowest BCUT2D eigenvalue weighted by atomic mass is 9.75. The number of aliphatic carboxylic acids is 1. The number of hydrogen-bond donors (Lipinski definition) is 4. The average molecular weight is 453 g/mol. The number of urea groups is 1. The molecular formula is C25H32N4O4. The molecule has 1 unspecified atom stereocenters. The monoisotopic (exact) mass is 452 g/mol. The summed E-state index contributed by atoms with van der Waals surface area (Å²) in [6.45, 7) is 4.93. The number of para-hydroxylation sites is 1. The third-order valence-corrected chi connectivity index (χ3v) is 6.34. The number of rotatable bonds is 8. The van der Waals surface area contributed by atoms with Crippen LogP contribution in [0.3, 0.4) is 0 Å². The molecule has 8 nitrogen and oxygen atoms in total. The summed E-state index contributed by atoms with van der Waals surface area (Å²) in [6.07, 6.45) is 1.54. The highest BCUT2D eigenvalue weighted by molar-refractivity contribution is 6.00. The van der Waals surface area contributed by atoms with Gasteiger partial charge in [-0.25, -0.2) is 4.79 Å². The summed E-state index contributed by atoms with van der Waals surface area (Å²) in [4.78, 5) is 38.2. The number of ketones is 1. The largest absolute Gasteiger partial charge is 0.480 e. The first kappa shape index (κ1) is 24.4. The Balaban J connectivity index is 1.57. The molecule has 0 aromatic heterocycles. The van der Waals surface area contributed by atoms with Gasteiger partial charge < -0.3 is 21.5 Å². The fourth-order valence-corrected chi connectivity index (χ4v) is 4.24. The molecule has 1 fully saturated rings. The summed E-state index contributed by atoms with van der Waals surface area (Å²) in [6, 6.07) is 14.3. The van der Waals surface area contributed by atoms with E-state index in [1.165, 1.54) is 0 Å². The van der Waals surface area contributed by atoms with Crippen LogP contribution in [0.5, 0.6) is 0 Å². The first-order valence-corrected chi connectivity index (χ1v) is 11.1. The number of carboxylic acids is 1. The molecule has 0 radical (unpaired) electrons. The van der Waals surface area contributed by atoms with Crippen LogP contribution in [0, 0.1) is 12.8 Å². The van der Waals surface area contributed by atoms with Crippen LogP contribution < -0.4 is 16.4 Å². The Morgan fingerprint density at radius 3 is 2.45 bits per heavy atom. The number of anilines is 2. The van der Waals surface area contributed by atoms with Gasteiger partial charge in [0.2, 0.25) is 0 Å². The van der Waals surface area contributed by atoms with Crippen LogP contribution in [0.1, 0.15) is 30.9 Å². The standard InChI is InChI=1S/C25H32N4O4/c1-17-6-3-4-9-21(17)28-24(33)27-20-8-5-7-18(14-20)15-22(30)25(2,26)19-10-12-29(13-11-19)16-23(31)32/h3-9,14,19H,10-13,15-16,26H2,1-2H3,(H,31,32)(H2,27,28,33). The minimum absolute atomic E-state index is 0.00348. The van der Waals surface area contributed by atoms with Crippen LogP contribution in [0.25, 0.3) is 0 Å². The van der Waals surface area contributed by atoms with E-state index in [9.17, 15) is 14.4 Å². The third kappa shape index (κ3) is 6.63. The number of carbonyl (C=O) groups excluding carboxylic acids is 2. The second kappa shape index (κ2) is 10.6. The van der Waals surface area contributed by atoms with Gasteiger partial charge in [0.15, 0.2) is 5.78 Å². The summed E-state index contributed by atoms with van der Waals surface area (Å²) in [7, 11) is 0. The number of benzene rings is 2. The number of likely N-dealkylation sites (tertiary alicyclic amines) is 1. The SMILES string of the molecule is Cc1ccccc1NC(=O)Nc1cccc(CC(=O)C(C)(N)C2CCN(CC(=O)O)CC2)c1. The summed E-state index contributed by atoms with van der Waals surface area (Å²) in [5, 5.41) is 14.6. The van der Waals surface area contributed by atoms with Gasteiger partial charge in [0.25, 0.3) is 0 Å². The Morgan fingerprint density at radius 2 is 1.79 bits per heavy atom. The highest BCUT2D eigenvalue weighted by Crippen LogP contribution is 2.28. The molecule has 33 heavy (non-hydrogen) atoms. The van der Waals surface area contributed by atoms with Crippen molar-refractivity contribution in [2.75, 3.05) is 30.3 Å². The van der Waals surface area contributed by atoms with Gasteiger partial charge in [-0.2, -0.15) is 0 Å². The molecule has 1 atom stereocenters. The number of Topliss-reactive ketones (excluding diaryl/α,β-unsaturated/α-hetero) is 1. The summed E-state index contributed by atoms with van der Waals surface area (Å²) in [5.41, 5.74) is 8.54. The smallest absolute Gasteiger partial charge is 0.323 e. The van der Waals surface area contributed by atoms with Crippen molar-refractivity contribution in [1.29, 1.82) is 0 Å². The molecule has 1 aliphatic heterocycles. The van der Waals surface area contributed by atoms with E-state index in [4.69, 9.17) is 10.8 Å². The fraction of sp³-hybridized carbons (Fsp3) is 0.400. The van der Waals surface area contributed by atoms with Gasteiger partial charge in [-0.3, -0.25) is 14.5 Å². The molecule has 0 bridgehead atoms. The van der Waals surface area contributed by atoms with E-state index in [1.807, 2.05) is 42.2 Å². The van der Waals surface area contributed by atoms with Crippen molar-refractivity contribution < 1.29 is 19.5 Å². The molecule has 2 amide bonds. The molecule has 1 saturated heterocycles. The van der Waals surface area contributed by atoms with E-state index in [1.54, 1.807) is 25.1 Å². The maximum absolute atomic E-state index is 13.1. The quantitative estimate of drug-likeness (QED) is 0.487. The van der Waals surface area contributed by atoms with Gasteiger partial charge in [-0.05, 0) is 75.0 Å². The van der Waals surface area contributed by atoms with Gasteiger partial charge in [-0.1, -0.05) is 30.3 Å². The second-order valence-corrected chi connectivity index (χ2v) is 8.92. The van der Waals surface area contributed by atoms with Crippen molar-refractivity contribution in [3.8, 4) is 0 Å². The van der Waals surface area contributed by atoms with E-state index in [0.29, 0.717) is 31.6 Å². The summed E-state index contributed by atoms with van der Waals surface area (Å²) in [5.74, 6) is -0.918. The Labute approximate surface area is 194 Å². The molecule has 5 N–H and O–H groups in total. The number of hydrogen-bond acceptors (Lipinski definition) is 5. The van der Waals surface area contributed by atoms with Crippen LogP contribution in [0.2, 0.25) is 0 Å². The molecule has 3 rings (SSSR count). The van der Waals surface area contributed by atoms with Crippen LogP contribution in [0.4, 0.5) is 16.2 Å². The predicted octanol–water partition coefficient (Wildman–Crippen LogP) is 3.26. The van der Waals surface area contributed by atoms with Crippen LogP contribution >= 0.6 is 0 Å². The summed E-state index contributed by atoms with van der Waals surface area (Å²) >= 11 is 0. The van der Waals surface area contributed by atoms with Crippen molar-refractivity contribution in [3.05, 3.63) is 59.7 Å². The number of nitrogens with two attached hydrogens (primary N) is 1. The molecule has 2 aromatic carbocycles. The van der Waals surface area contributed by atoms with Gasteiger partial charge in [0.05, 0.1) is 12.1 Å². The molecule has 0 saturated carbocycles. The number of nitrogens with one attached hydrogen (secondary N) is 2. The number of aryl methyl sites for hydroxylation is 1. The molecule has 0 aliphatic carbocycles. The van der Waals surface area contributed by atoms with Crippen molar-refractivity contribution in [3.63, 3.8) is 0 Å². The number of carboxylic acid groups (broad SMARTS) is 1. The molecular weight excluding hydrogens is 420 g/mol. The fourth-order valence-electron chi connectivity index (χ4n) is 4.24. The highest BCUT2D eigenvalue weighted by Gasteiger charge is 2.38. The molecule has 1 heterocycles. The topological polar surface area (TPSA) is 125 Å². The van der Waals surface area contributed by atoms with E-state index in [-0.39, 0.29) is 30.7 Å². The van der Waals surface area contributed by atoms with Crippen molar-refractivity contribution in [2.45, 2.75) is 38.6 Å².